The van der Waals surface area contributed by atoms with E-state index in [1.807, 2.05) is 18.2 Å². The molecular formula is C17H17BrN2O3S. The van der Waals surface area contributed by atoms with E-state index in [1.54, 1.807) is 0 Å². The summed E-state index contributed by atoms with van der Waals surface area (Å²) in [6.07, 6.45) is 3.64. The first-order valence-electron chi connectivity index (χ1n) is 7.93. The third-order valence-corrected chi connectivity index (χ3v) is 6.12. The van der Waals surface area contributed by atoms with Crippen molar-refractivity contribution in [3.63, 3.8) is 0 Å². The van der Waals surface area contributed by atoms with Crippen LogP contribution in [0, 0.1) is 0 Å². The van der Waals surface area contributed by atoms with Crippen LogP contribution in [0.4, 0.5) is 0 Å². The lowest BCUT2D eigenvalue weighted by atomic mass is 9.92. The van der Waals surface area contributed by atoms with Crippen LogP contribution in [0.25, 0.3) is 11.3 Å². The van der Waals surface area contributed by atoms with Gasteiger partial charge in [-0.1, -0.05) is 22.4 Å². The van der Waals surface area contributed by atoms with Gasteiger partial charge in [-0.15, -0.1) is 11.3 Å². The number of hydrogen-bond acceptors (Lipinski definition) is 6. The first-order valence-corrected chi connectivity index (χ1v) is 9.54. The minimum Gasteiger partial charge on any atom is -0.491 e. The van der Waals surface area contributed by atoms with E-state index in [0.717, 1.165) is 26.4 Å². The molecule has 1 aliphatic carbocycles. The number of methoxy groups -OCH3 is 1. The number of nitrogens with one attached hydrogen (secondary N) is 1. The second kappa shape index (κ2) is 6.46. The molecule has 1 saturated carbocycles. The fourth-order valence-corrected chi connectivity index (χ4v) is 4.38. The van der Waals surface area contributed by atoms with Gasteiger partial charge < -0.3 is 14.8 Å². The molecule has 126 valence electrons. The first-order chi connectivity index (χ1) is 11.7. The molecule has 2 aromatic rings. The molecule has 4 rings (SSSR count). The van der Waals surface area contributed by atoms with Crippen molar-refractivity contribution in [1.82, 2.24) is 10.3 Å². The summed E-state index contributed by atoms with van der Waals surface area (Å²) in [5.41, 5.74) is 1.72. The van der Waals surface area contributed by atoms with Gasteiger partial charge in [0.15, 0.2) is 0 Å². The molecule has 1 unspecified atom stereocenters. The van der Waals surface area contributed by atoms with E-state index in [0.29, 0.717) is 17.7 Å². The van der Waals surface area contributed by atoms with Crippen molar-refractivity contribution in [2.75, 3.05) is 13.7 Å². The van der Waals surface area contributed by atoms with Gasteiger partial charge in [0, 0.05) is 16.1 Å². The van der Waals surface area contributed by atoms with E-state index >= 15 is 0 Å². The highest BCUT2D eigenvalue weighted by Gasteiger charge is 2.32. The lowest BCUT2D eigenvalue weighted by Gasteiger charge is -2.30. The zero-order valence-electron chi connectivity index (χ0n) is 13.2. The number of rotatable bonds is 3. The van der Waals surface area contributed by atoms with E-state index < -0.39 is 5.97 Å². The summed E-state index contributed by atoms with van der Waals surface area (Å²) in [5, 5.41) is 4.04. The molecule has 1 aromatic heterocycles. The largest absolute Gasteiger partial charge is 0.491 e. The maximum absolute atomic E-state index is 12.0. The van der Waals surface area contributed by atoms with Crippen molar-refractivity contribution in [2.45, 2.75) is 31.3 Å². The minimum atomic E-state index is -0.395. The summed E-state index contributed by atoms with van der Waals surface area (Å²) in [4.78, 5) is 17.6. The predicted octanol–water partition coefficient (Wildman–Crippen LogP) is 3.93. The number of benzene rings is 1. The van der Waals surface area contributed by atoms with Crippen LogP contribution in [-0.4, -0.2) is 30.7 Å². The highest BCUT2D eigenvalue weighted by atomic mass is 79.9. The number of ether oxygens (including phenoxy) is 2. The predicted molar refractivity (Wildman–Crippen MR) is 95.6 cm³/mol. The number of thiazole rings is 1. The fraction of sp³-hybridized carbons (Fsp3) is 0.412. The molecule has 5 nitrogen and oxygen atoms in total. The third-order valence-electron chi connectivity index (χ3n) is 4.47. The van der Waals surface area contributed by atoms with Gasteiger partial charge in [-0.25, -0.2) is 9.78 Å². The topological polar surface area (TPSA) is 60.5 Å². The number of halogens is 1. The van der Waals surface area contributed by atoms with E-state index in [9.17, 15) is 4.79 Å². The number of hydrogen-bond donors (Lipinski definition) is 1. The fourth-order valence-electron chi connectivity index (χ4n) is 2.98. The van der Waals surface area contributed by atoms with Crippen LogP contribution < -0.4 is 10.1 Å². The van der Waals surface area contributed by atoms with E-state index in [2.05, 4.69) is 26.2 Å². The number of fused-ring (bicyclic) bond motifs is 3. The van der Waals surface area contributed by atoms with E-state index in [4.69, 9.17) is 9.47 Å². The van der Waals surface area contributed by atoms with Crippen LogP contribution in [0.2, 0.25) is 0 Å². The molecule has 1 aromatic carbocycles. The van der Waals surface area contributed by atoms with E-state index in [1.165, 1.54) is 37.7 Å². The first kappa shape index (κ1) is 16.1. The van der Waals surface area contributed by atoms with Gasteiger partial charge in [0.25, 0.3) is 0 Å². The molecule has 7 heteroatoms. The van der Waals surface area contributed by atoms with Gasteiger partial charge in [-0.2, -0.15) is 0 Å². The Morgan fingerprint density at radius 3 is 3.00 bits per heavy atom. The highest BCUT2D eigenvalue weighted by molar-refractivity contribution is 9.10. The lowest BCUT2D eigenvalue weighted by Crippen LogP contribution is -2.39. The van der Waals surface area contributed by atoms with Crippen molar-refractivity contribution >= 4 is 33.2 Å². The van der Waals surface area contributed by atoms with Gasteiger partial charge in [0.1, 0.15) is 12.4 Å². The van der Waals surface area contributed by atoms with Crippen LogP contribution in [0.3, 0.4) is 0 Å². The monoisotopic (exact) mass is 408 g/mol. The maximum atomic E-state index is 12.0. The van der Waals surface area contributed by atoms with Crippen molar-refractivity contribution in [1.29, 1.82) is 0 Å². The number of aromatic nitrogens is 1. The Morgan fingerprint density at radius 2 is 2.29 bits per heavy atom. The molecule has 0 radical (unpaired) electrons. The Labute approximate surface area is 152 Å². The van der Waals surface area contributed by atoms with Crippen molar-refractivity contribution in [2.24, 2.45) is 0 Å². The third kappa shape index (κ3) is 2.85. The lowest BCUT2D eigenvalue weighted by molar-refractivity contribution is 0.0600. The SMILES string of the molecule is COC(=O)c1nc2c(s1)C(NC1CCC1)COc1ccc(Br)cc1-2. The number of esters is 1. The van der Waals surface area contributed by atoms with Crippen LogP contribution in [0.1, 0.15) is 40.0 Å². The van der Waals surface area contributed by atoms with Crippen molar-refractivity contribution in [3.05, 3.63) is 32.6 Å². The van der Waals surface area contributed by atoms with Crippen LogP contribution in [0.5, 0.6) is 5.75 Å². The minimum absolute atomic E-state index is 0.0346. The molecule has 0 bridgehead atoms. The van der Waals surface area contributed by atoms with Crippen LogP contribution in [-0.2, 0) is 4.74 Å². The summed E-state index contributed by atoms with van der Waals surface area (Å²) < 4.78 is 11.8. The molecule has 1 fully saturated rings. The molecule has 24 heavy (non-hydrogen) atoms. The van der Waals surface area contributed by atoms with E-state index in [-0.39, 0.29) is 6.04 Å². The quantitative estimate of drug-likeness (QED) is 0.779. The zero-order valence-corrected chi connectivity index (χ0v) is 15.6. The van der Waals surface area contributed by atoms with Gasteiger partial charge in [-0.3, -0.25) is 0 Å². The molecular weight excluding hydrogens is 392 g/mol. The Morgan fingerprint density at radius 1 is 1.46 bits per heavy atom. The molecule has 0 spiro atoms. The smallest absolute Gasteiger partial charge is 0.367 e. The highest BCUT2D eigenvalue weighted by Crippen LogP contribution is 2.42. The molecule has 0 saturated heterocycles. The molecule has 1 atom stereocenters. The van der Waals surface area contributed by atoms with Crippen molar-refractivity contribution < 1.29 is 14.3 Å². The van der Waals surface area contributed by atoms with Gasteiger partial charge in [-0.05, 0) is 31.0 Å². The Bertz CT molecular complexity index is 788. The summed E-state index contributed by atoms with van der Waals surface area (Å²) in [6.45, 7) is 0.529. The second-order valence-corrected chi connectivity index (χ2v) is 7.97. The zero-order chi connectivity index (χ0) is 16.7. The molecule has 2 heterocycles. The van der Waals surface area contributed by atoms with Crippen LogP contribution >= 0.6 is 27.3 Å². The van der Waals surface area contributed by atoms with Gasteiger partial charge >= 0.3 is 5.97 Å². The Kier molecular flexibility index (Phi) is 4.32. The average molecular weight is 409 g/mol. The summed E-state index contributed by atoms with van der Waals surface area (Å²) in [5.74, 6) is 0.395. The Hall–Kier alpha value is -1.44. The van der Waals surface area contributed by atoms with Crippen molar-refractivity contribution in [3.8, 4) is 17.0 Å². The van der Waals surface area contributed by atoms with Crippen LogP contribution in [0.15, 0.2) is 22.7 Å². The standard InChI is InChI=1S/C17H17BrN2O3S/c1-22-17(21)16-20-14-11-7-9(18)5-6-13(11)23-8-12(15(14)24-16)19-10-3-2-4-10/h5-7,10,12,19H,2-4,8H2,1H3. The molecule has 1 aliphatic heterocycles. The summed E-state index contributed by atoms with van der Waals surface area (Å²) in [7, 11) is 1.38. The summed E-state index contributed by atoms with van der Waals surface area (Å²) >= 11 is 4.90. The number of carbonyl (C=O) groups is 1. The normalized spacial score (nSPS) is 19.5. The molecule has 2 aliphatic rings. The molecule has 1 N–H and O–H groups in total. The Balaban J connectivity index is 1.80. The average Bonchev–Trinajstić information content (AvgIpc) is 2.93. The number of nitrogens with zero attached hydrogens (tertiary/aromatic N) is 1. The van der Waals surface area contributed by atoms with Gasteiger partial charge in [0.2, 0.25) is 5.01 Å². The number of carbonyl (C=O) groups excluding carboxylic acids is 1. The maximum Gasteiger partial charge on any atom is 0.367 e. The molecule has 0 amide bonds. The second-order valence-electron chi connectivity index (χ2n) is 6.02. The summed E-state index contributed by atoms with van der Waals surface area (Å²) in [6, 6.07) is 6.42. The van der Waals surface area contributed by atoms with Gasteiger partial charge in [0.05, 0.1) is 23.7 Å².